The molecule has 2 unspecified atom stereocenters. The van der Waals surface area contributed by atoms with Crippen LogP contribution in [0, 0.1) is 0 Å². The zero-order chi connectivity index (χ0) is 34.4. The lowest BCUT2D eigenvalue weighted by molar-refractivity contribution is -0.153. The third-order valence-electron chi connectivity index (χ3n) is 6.86. The number of amides is 3. The van der Waals surface area contributed by atoms with Crippen LogP contribution < -0.4 is 10.6 Å². The number of benzene rings is 2. The van der Waals surface area contributed by atoms with Gasteiger partial charge in [-0.2, -0.15) is 0 Å². The number of ether oxygens (including phenoxy) is 1. The van der Waals surface area contributed by atoms with Gasteiger partial charge in [0, 0.05) is 5.38 Å². The Balaban J connectivity index is 1.34. The highest BCUT2D eigenvalue weighted by Gasteiger charge is 2.57. The van der Waals surface area contributed by atoms with Crippen LogP contribution in [0.25, 0.3) is 0 Å². The lowest BCUT2D eigenvalue weighted by atomic mass is 10.0. The molecule has 48 heavy (non-hydrogen) atoms. The van der Waals surface area contributed by atoms with Gasteiger partial charge in [-0.15, -0.1) is 11.3 Å². The highest BCUT2D eigenvalue weighted by molar-refractivity contribution is 9.28. The molecule has 3 N–H and O–H groups in total. The van der Waals surface area contributed by atoms with Crippen molar-refractivity contribution in [2.24, 2.45) is 5.16 Å². The van der Waals surface area contributed by atoms with E-state index >= 15 is 0 Å². The number of allylic oxidation sites excluding steroid dienone is 1. The number of aromatic nitrogens is 1. The number of nitrogens with zero attached hydrogens (tertiary/aromatic N) is 3. The third-order valence-corrected chi connectivity index (χ3v) is 9.71. The van der Waals surface area contributed by atoms with Crippen LogP contribution in [0.1, 0.15) is 22.9 Å². The van der Waals surface area contributed by atoms with Gasteiger partial charge in [0.2, 0.25) is 13.0 Å². The highest BCUT2D eigenvalue weighted by Crippen LogP contribution is 2.36. The molecule has 14 nitrogen and oxygen atoms in total. The van der Waals surface area contributed by atoms with Crippen molar-refractivity contribution in [3.05, 3.63) is 104 Å². The van der Waals surface area contributed by atoms with Crippen molar-refractivity contribution in [2.45, 2.75) is 17.5 Å². The zero-order valence-electron chi connectivity index (χ0n) is 24.3. The Bertz CT molecular complexity index is 1820. The Morgan fingerprint density at radius 1 is 1.12 bits per heavy atom. The summed E-state index contributed by atoms with van der Waals surface area (Å²) in [4.78, 5) is 72.8. The Labute approximate surface area is 295 Å². The van der Waals surface area contributed by atoms with Crippen LogP contribution >= 0.6 is 43.2 Å². The monoisotopic (exact) mass is 819 g/mol. The van der Waals surface area contributed by atoms with Crippen LogP contribution in [0.4, 0.5) is 5.13 Å². The van der Waals surface area contributed by atoms with Crippen molar-refractivity contribution in [3.8, 4) is 0 Å². The van der Waals surface area contributed by atoms with Gasteiger partial charge in [-0.05, 0) is 54.6 Å². The predicted molar refractivity (Wildman–Crippen MR) is 181 cm³/mol. The number of fused-ring (bicyclic) bond motifs is 1. The van der Waals surface area contributed by atoms with E-state index in [9.17, 15) is 33.3 Å². The number of hydrogen-bond acceptors (Lipinski definition) is 11. The number of esters is 1. The Kier molecular flexibility index (Phi) is 11.3. The molecule has 0 aliphatic carbocycles. The van der Waals surface area contributed by atoms with Gasteiger partial charge in [-0.1, -0.05) is 65.8 Å². The molecule has 3 amide bonds. The van der Waals surface area contributed by atoms with E-state index in [0.29, 0.717) is 20.9 Å². The fourth-order valence-corrected chi connectivity index (χ4v) is 7.70. The molecular formula is C30H23Br2N5O9S2. The molecule has 0 bridgehead atoms. The summed E-state index contributed by atoms with van der Waals surface area (Å²) in [6, 6.07) is 16.7. The van der Waals surface area contributed by atoms with E-state index < -0.39 is 64.4 Å². The number of aliphatic carboxylic acids is 1. The van der Waals surface area contributed by atoms with E-state index in [4.69, 9.17) is 9.57 Å². The smallest absolute Gasteiger partial charge is 0.352 e. The van der Waals surface area contributed by atoms with Gasteiger partial charge in [-0.3, -0.25) is 23.5 Å². The molecule has 248 valence electrons. The molecule has 5 rings (SSSR count). The van der Waals surface area contributed by atoms with Crippen LogP contribution in [-0.4, -0.2) is 78.8 Å². The van der Waals surface area contributed by atoms with Crippen LogP contribution in [-0.2, 0) is 44.3 Å². The number of oxime groups is 1. The Morgan fingerprint density at radius 3 is 2.35 bits per heavy atom. The van der Waals surface area contributed by atoms with E-state index in [1.54, 1.807) is 48.5 Å². The fraction of sp³-hybridized carbons (Fsp3) is 0.167. The number of carbonyl (C=O) groups is 5. The average Bonchev–Trinajstić information content (AvgIpc) is 3.52. The molecule has 18 heteroatoms. The van der Waals surface area contributed by atoms with Gasteiger partial charge in [0.25, 0.3) is 11.8 Å². The molecule has 2 aliphatic rings. The van der Waals surface area contributed by atoms with E-state index in [0.717, 1.165) is 16.2 Å². The van der Waals surface area contributed by atoms with Crippen molar-refractivity contribution < 1.29 is 42.9 Å². The molecule has 0 saturated carbocycles. The average molecular weight is 821 g/mol. The summed E-state index contributed by atoms with van der Waals surface area (Å²) in [6.07, 6.45) is 1.01. The Hall–Kier alpha value is -4.52. The van der Waals surface area contributed by atoms with Crippen molar-refractivity contribution in [2.75, 3.05) is 17.7 Å². The van der Waals surface area contributed by atoms with E-state index in [1.807, 2.05) is 12.1 Å². The molecule has 3 aromatic rings. The first-order chi connectivity index (χ1) is 23.1. The predicted octanol–water partition coefficient (Wildman–Crippen LogP) is 3.15. The third kappa shape index (κ3) is 7.78. The minimum absolute atomic E-state index is 0.0734. The van der Waals surface area contributed by atoms with Gasteiger partial charge in [0.1, 0.15) is 22.8 Å². The molecule has 1 aromatic heterocycles. The van der Waals surface area contributed by atoms with E-state index in [2.05, 4.69) is 52.6 Å². The quantitative estimate of drug-likeness (QED) is 0.0759. The van der Waals surface area contributed by atoms with Crippen LogP contribution in [0.15, 0.2) is 91.9 Å². The number of rotatable bonds is 13. The number of halogens is 2. The first-order valence-electron chi connectivity index (χ1n) is 13.7. The standard InChI is InChI=1S/C30H23Br2N5O9S2/c31-20(32)11-18-14-48(44)28-23(27(41)37(28)24(18)29(42)43)35-26(40)22(19-13-47-30(34-19)33-15-38)36-45-12-21(39)46-25(16-7-3-1-4-8-16)17-9-5-2-6-10-17/h1-11,13,15,23,25,28H,12,14H2,(H,35,40)(H,42,43)(H,33,34,38)/t23?,28-,48?/m0/s1. The van der Waals surface area contributed by atoms with Gasteiger partial charge in [-0.25, -0.2) is 14.6 Å². The molecule has 0 spiro atoms. The molecule has 1 fully saturated rings. The van der Waals surface area contributed by atoms with Crippen LogP contribution in [0.5, 0.6) is 0 Å². The number of carboxylic acid groups (broad SMARTS) is 1. The second-order valence-corrected chi connectivity index (χ2v) is 15.1. The summed E-state index contributed by atoms with van der Waals surface area (Å²) in [6.45, 7) is -0.717. The number of carboxylic acids is 1. The maximum atomic E-state index is 13.5. The summed E-state index contributed by atoms with van der Waals surface area (Å²) in [7, 11) is -1.80. The fourth-order valence-electron chi connectivity index (χ4n) is 4.86. The minimum Gasteiger partial charge on any atom is -0.477 e. The highest BCUT2D eigenvalue weighted by atomic mass is 79.9. The second kappa shape index (κ2) is 15.6. The van der Waals surface area contributed by atoms with E-state index in [1.165, 1.54) is 11.5 Å². The Morgan fingerprint density at radius 2 is 1.77 bits per heavy atom. The maximum absolute atomic E-state index is 13.5. The van der Waals surface area contributed by atoms with Gasteiger partial charge in [0.05, 0.1) is 19.9 Å². The number of hydrogen-bond donors (Lipinski definition) is 3. The molecule has 2 aliphatic heterocycles. The first-order valence-corrected chi connectivity index (χ1v) is 17.6. The summed E-state index contributed by atoms with van der Waals surface area (Å²) < 4.78 is 19.2. The number of nitrogens with one attached hydrogen (secondary N) is 2. The van der Waals surface area contributed by atoms with Crippen LogP contribution in [0.3, 0.4) is 0 Å². The van der Waals surface area contributed by atoms with Gasteiger partial charge >= 0.3 is 11.9 Å². The van der Waals surface area contributed by atoms with E-state index in [-0.39, 0.29) is 27.8 Å². The molecule has 3 heterocycles. The topological polar surface area (TPSA) is 194 Å². The number of β-lactam (4-membered cyclic amide) rings is 1. The SMILES string of the molecule is O=CNc1nc(C(=NOCC(=O)OC(c2ccccc2)c2ccccc2)C(=O)NC2C(=O)N3C(C(=O)O)=C(C=C(Br)Br)CS(=O)[C@@H]23)cs1. The number of anilines is 1. The molecule has 0 radical (unpaired) electrons. The first kappa shape index (κ1) is 34.8. The number of carbonyl (C=O) groups excluding carboxylic acids is 4. The van der Waals surface area contributed by atoms with Crippen molar-refractivity contribution in [1.29, 1.82) is 0 Å². The zero-order valence-corrected chi connectivity index (χ0v) is 29.1. The molecule has 1 saturated heterocycles. The van der Waals surface area contributed by atoms with Crippen molar-refractivity contribution in [3.63, 3.8) is 0 Å². The van der Waals surface area contributed by atoms with Gasteiger partial charge in [0.15, 0.2) is 16.9 Å². The number of thiazole rings is 1. The molecule has 3 atom stereocenters. The molecular weight excluding hydrogens is 798 g/mol. The largest absolute Gasteiger partial charge is 0.477 e. The molecule has 2 aromatic carbocycles. The second-order valence-electron chi connectivity index (χ2n) is 9.89. The minimum atomic E-state index is -1.80. The van der Waals surface area contributed by atoms with Gasteiger partial charge < -0.3 is 25.3 Å². The summed E-state index contributed by atoms with van der Waals surface area (Å²) in [5, 5.41) is 18.7. The summed E-state index contributed by atoms with van der Waals surface area (Å²) >= 11 is 7.24. The van der Waals surface area contributed by atoms with Crippen LogP contribution in [0.2, 0.25) is 0 Å². The summed E-state index contributed by atoms with van der Waals surface area (Å²) in [5.41, 5.74) is 0.643. The summed E-state index contributed by atoms with van der Waals surface area (Å²) in [5.74, 6) is -4.23. The lowest BCUT2D eigenvalue weighted by Gasteiger charge is -2.48. The normalized spacial score (nSPS) is 18.7. The van der Waals surface area contributed by atoms with Crippen molar-refractivity contribution >= 4 is 95.0 Å². The maximum Gasteiger partial charge on any atom is 0.352 e. The lowest BCUT2D eigenvalue weighted by Crippen LogP contribution is -2.74. The van der Waals surface area contributed by atoms with Crippen molar-refractivity contribution in [1.82, 2.24) is 15.2 Å².